The summed E-state index contributed by atoms with van der Waals surface area (Å²) >= 11 is 0. The number of nitrogens with one attached hydrogen (secondary N) is 1. The monoisotopic (exact) mass is 361 g/mol. The lowest BCUT2D eigenvalue weighted by Crippen LogP contribution is -2.47. The Bertz CT molecular complexity index is 748. The van der Waals surface area contributed by atoms with E-state index >= 15 is 0 Å². The molecule has 1 unspecified atom stereocenters. The Hall–Kier alpha value is -2.80. The van der Waals surface area contributed by atoms with Crippen molar-refractivity contribution in [2.75, 3.05) is 18.4 Å². The average Bonchev–Trinajstić information content (AvgIpc) is 2.63. The minimum absolute atomic E-state index is 0.245. The minimum atomic E-state index is -0.881. The van der Waals surface area contributed by atoms with Gasteiger partial charge in [0.05, 0.1) is 12.6 Å². The van der Waals surface area contributed by atoms with Gasteiger partial charge in [-0.15, -0.1) is 0 Å². The highest BCUT2D eigenvalue weighted by atomic mass is 19.1. The highest BCUT2D eigenvalue weighted by Gasteiger charge is 2.23. The van der Waals surface area contributed by atoms with Gasteiger partial charge in [0.15, 0.2) is 0 Å². The third-order valence-corrected chi connectivity index (χ3v) is 3.87. The maximum absolute atomic E-state index is 13.6. The fourth-order valence-electron chi connectivity index (χ4n) is 2.50. The van der Waals surface area contributed by atoms with E-state index < -0.39 is 35.2 Å². The molecule has 0 bridgehead atoms. The summed E-state index contributed by atoms with van der Waals surface area (Å²) in [4.78, 5) is 25.8. The third-order valence-electron chi connectivity index (χ3n) is 3.87. The Balaban J connectivity index is 1.99. The number of hydrogen-bond acceptors (Lipinski definition) is 3. The Morgan fingerprint density at radius 1 is 1.08 bits per heavy atom. The zero-order valence-electron chi connectivity index (χ0n) is 14.4. The van der Waals surface area contributed by atoms with Crippen LogP contribution in [0.2, 0.25) is 0 Å². The van der Waals surface area contributed by atoms with E-state index in [0.717, 1.165) is 17.7 Å². The van der Waals surface area contributed by atoms with Crippen LogP contribution in [-0.4, -0.2) is 35.8 Å². The molecule has 0 saturated carbocycles. The lowest BCUT2D eigenvalue weighted by molar-refractivity contribution is -0.135. The van der Waals surface area contributed by atoms with Crippen LogP contribution in [0.4, 0.5) is 14.5 Å². The molecule has 0 radical (unpaired) electrons. The SMILES string of the molecule is CCN(CC(=O)Nc1c(F)cccc1F)C(=O)C(N)Cc1ccccc1. The van der Waals surface area contributed by atoms with Gasteiger partial charge in [-0.05, 0) is 31.0 Å². The van der Waals surface area contributed by atoms with E-state index in [0.29, 0.717) is 6.42 Å². The van der Waals surface area contributed by atoms with E-state index in [1.165, 1.54) is 11.0 Å². The predicted molar refractivity (Wildman–Crippen MR) is 95.4 cm³/mol. The third kappa shape index (κ3) is 5.10. The van der Waals surface area contributed by atoms with Crippen LogP contribution in [0.1, 0.15) is 12.5 Å². The maximum Gasteiger partial charge on any atom is 0.244 e. The van der Waals surface area contributed by atoms with Crippen molar-refractivity contribution in [3.8, 4) is 0 Å². The number of carbonyl (C=O) groups excluding carboxylic acids is 2. The largest absolute Gasteiger partial charge is 0.332 e. The summed E-state index contributed by atoms with van der Waals surface area (Å²) in [5, 5.41) is 2.16. The molecule has 0 saturated heterocycles. The molecule has 2 aromatic carbocycles. The topological polar surface area (TPSA) is 75.4 Å². The van der Waals surface area contributed by atoms with Crippen LogP contribution < -0.4 is 11.1 Å². The van der Waals surface area contributed by atoms with Crippen LogP contribution in [0, 0.1) is 11.6 Å². The quantitative estimate of drug-likeness (QED) is 0.795. The second-order valence-corrected chi connectivity index (χ2v) is 5.79. The highest BCUT2D eigenvalue weighted by molar-refractivity contribution is 5.95. The Morgan fingerprint density at radius 2 is 1.69 bits per heavy atom. The molecule has 2 aromatic rings. The average molecular weight is 361 g/mol. The highest BCUT2D eigenvalue weighted by Crippen LogP contribution is 2.17. The van der Waals surface area contributed by atoms with Crippen LogP contribution in [0.25, 0.3) is 0 Å². The van der Waals surface area contributed by atoms with Crippen LogP contribution in [-0.2, 0) is 16.0 Å². The zero-order valence-corrected chi connectivity index (χ0v) is 14.4. The summed E-state index contributed by atoms with van der Waals surface area (Å²) < 4.78 is 27.2. The van der Waals surface area contributed by atoms with Crippen molar-refractivity contribution in [3.05, 3.63) is 65.7 Å². The van der Waals surface area contributed by atoms with Crippen LogP contribution in [0.5, 0.6) is 0 Å². The molecule has 7 heteroatoms. The number of likely N-dealkylation sites (N-methyl/N-ethyl adjacent to an activating group) is 1. The van der Waals surface area contributed by atoms with Gasteiger partial charge in [0.1, 0.15) is 17.3 Å². The second kappa shape index (κ2) is 9.05. The van der Waals surface area contributed by atoms with E-state index in [1.54, 1.807) is 6.92 Å². The van der Waals surface area contributed by atoms with Gasteiger partial charge in [-0.25, -0.2) is 8.78 Å². The van der Waals surface area contributed by atoms with Crippen LogP contribution >= 0.6 is 0 Å². The smallest absolute Gasteiger partial charge is 0.244 e. The Morgan fingerprint density at radius 3 is 2.27 bits per heavy atom. The molecule has 0 heterocycles. The lowest BCUT2D eigenvalue weighted by Gasteiger charge is -2.24. The van der Waals surface area contributed by atoms with Crippen molar-refractivity contribution in [2.45, 2.75) is 19.4 Å². The van der Waals surface area contributed by atoms with Crippen LogP contribution in [0.3, 0.4) is 0 Å². The number of hydrogen-bond donors (Lipinski definition) is 2. The van der Waals surface area contributed by atoms with Gasteiger partial charge in [-0.1, -0.05) is 36.4 Å². The van der Waals surface area contributed by atoms with Crippen molar-refractivity contribution in [2.24, 2.45) is 5.73 Å². The number of anilines is 1. The van der Waals surface area contributed by atoms with E-state index in [-0.39, 0.29) is 13.1 Å². The minimum Gasteiger partial charge on any atom is -0.332 e. The molecule has 0 fully saturated rings. The number of nitrogens with two attached hydrogens (primary N) is 1. The molecule has 0 spiro atoms. The molecule has 5 nitrogen and oxygen atoms in total. The van der Waals surface area contributed by atoms with Gasteiger partial charge in [-0.3, -0.25) is 9.59 Å². The molecular weight excluding hydrogens is 340 g/mol. The van der Waals surface area contributed by atoms with Gasteiger partial charge in [-0.2, -0.15) is 0 Å². The molecule has 2 rings (SSSR count). The number of halogens is 2. The second-order valence-electron chi connectivity index (χ2n) is 5.79. The summed E-state index contributed by atoms with van der Waals surface area (Å²) in [6.07, 6.45) is 0.333. The number of nitrogens with zero attached hydrogens (tertiary/aromatic N) is 1. The fraction of sp³-hybridized carbons (Fsp3) is 0.263. The lowest BCUT2D eigenvalue weighted by atomic mass is 10.1. The molecular formula is C19H21F2N3O2. The number of rotatable bonds is 7. The molecule has 0 aliphatic rings. The standard InChI is InChI=1S/C19H21F2N3O2/c1-2-24(19(26)16(22)11-13-7-4-3-5-8-13)12-17(25)23-18-14(20)9-6-10-15(18)21/h3-10,16H,2,11-12,22H2,1H3,(H,23,25). The first-order valence-corrected chi connectivity index (χ1v) is 8.24. The summed E-state index contributed by atoms with van der Waals surface area (Å²) in [6.45, 7) is 1.60. The predicted octanol–water partition coefficient (Wildman–Crippen LogP) is 2.32. The number of amides is 2. The van der Waals surface area contributed by atoms with Crippen molar-refractivity contribution < 1.29 is 18.4 Å². The molecule has 2 amide bonds. The van der Waals surface area contributed by atoms with Crippen molar-refractivity contribution in [1.29, 1.82) is 0 Å². The molecule has 0 aromatic heterocycles. The van der Waals surface area contributed by atoms with Gasteiger partial charge < -0.3 is 16.0 Å². The summed E-state index contributed by atoms with van der Waals surface area (Å²) in [5.41, 5.74) is 6.33. The first-order chi connectivity index (χ1) is 12.4. The number of carbonyl (C=O) groups is 2. The van der Waals surface area contributed by atoms with Crippen molar-refractivity contribution >= 4 is 17.5 Å². The van der Waals surface area contributed by atoms with Gasteiger partial charge in [0.25, 0.3) is 0 Å². The molecule has 26 heavy (non-hydrogen) atoms. The van der Waals surface area contributed by atoms with Crippen LogP contribution in [0.15, 0.2) is 48.5 Å². The first kappa shape index (κ1) is 19.5. The fourth-order valence-corrected chi connectivity index (χ4v) is 2.50. The number of benzene rings is 2. The Labute approximate surface area is 150 Å². The molecule has 3 N–H and O–H groups in total. The maximum atomic E-state index is 13.6. The van der Waals surface area contributed by atoms with E-state index in [9.17, 15) is 18.4 Å². The van der Waals surface area contributed by atoms with E-state index in [4.69, 9.17) is 5.73 Å². The van der Waals surface area contributed by atoms with Gasteiger partial charge >= 0.3 is 0 Å². The van der Waals surface area contributed by atoms with Crippen molar-refractivity contribution in [1.82, 2.24) is 4.90 Å². The first-order valence-electron chi connectivity index (χ1n) is 8.24. The summed E-state index contributed by atoms with van der Waals surface area (Å²) in [6, 6.07) is 11.7. The molecule has 0 aliphatic carbocycles. The van der Waals surface area contributed by atoms with E-state index in [1.807, 2.05) is 30.3 Å². The van der Waals surface area contributed by atoms with Gasteiger partial charge in [0, 0.05) is 6.54 Å². The van der Waals surface area contributed by atoms with Gasteiger partial charge in [0.2, 0.25) is 11.8 Å². The molecule has 1 atom stereocenters. The number of para-hydroxylation sites is 1. The van der Waals surface area contributed by atoms with Crippen molar-refractivity contribution in [3.63, 3.8) is 0 Å². The molecule has 0 aliphatic heterocycles. The van der Waals surface area contributed by atoms with E-state index in [2.05, 4.69) is 5.32 Å². The zero-order chi connectivity index (χ0) is 19.1. The summed E-state index contributed by atoms with van der Waals surface area (Å²) in [7, 11) is 0. The normalized spacial score (nSPS) is 11.7. The summed E-state index contributed by atoms with van der Waals surface area (Å²) in [5.74, 6) is -2.86. The molecule has 138 valence electrons. The Kier molecular flexibility index (Phi) is 6.80.